The Morgan fingerprint density at radius 1 is 1.11 bits per heavy atom. The Bertz CT molecular complexity index is 536. The van der Waals surface area contributed by atoms with Crippen LogP contribution >= 0.6 is 0 Å². The number of nitrogens with zero attached hydrogens (tertiary/aromatic N) is 1. The summed E-state index contributed by atoms with van der Waals surface area (Å²) >= 11 is 0. The fourth-order valence-electron chi connectivity index (χ4n) is 2.52. The van der Waals surface area contributed by atoms with E-state index in [1.165, 1.54) is 17.2 Å². The van der Waals surface area contributed by atoms with Crippen molar-refractivity contribution in [2.24, 2.45) is 0 Å². The van der Waals surface area contributed by atoms with Gasteiger partial charge in [-0.2, -0.15) is 4.39 Å². The Kier molecular flexibility index (Phi) is 2.97. The van der Waals surface area contributed by atoms with Gasteiger partial charge in [-0.3, -0.25) is 0 Å². The first kappa shape index (κ1) is 11.2. The molecule has 1 atom stereocenters. The van der Waals surface area contributed by atoms with E-state index >= 15 is 0 Å². The first-order valence-electron chi connectivity index (χ1n) is 6.26. The molecular formula is C15H15FN2. The first-order valence-corrected chi connectivity index (χ1v) is 6.26. The molecule has 1 heterocycles. The summed E-state index contributed by atoms with van der Waals surface area (Å²) in [7, 11) is 0. The Balaban J connectivity index is 1.71. The lowest BCUT2D eigenvalue weighted by molar-refractivity contribution is 0.581. The molecule has 1 unspecified atom stereocenters. The summed E-state index contributed by atoms with van der Waals surface area (Å²) in [5.41, 5.74) is 3.75. The molecule has 0 radical (unpaired) electrons. The third-order valence-corrected chi connectivity index (χ3v) is 3.45. The van der Waals surface area contributed by atoms with Gasteiger partial charge in [-0.05, 0) is 42.5 Å². The molecule has 1 aromatic carbocycles. The molecular weight excluding hydrogens is 227 g/mol. The van der Waals surface area contributed by atoms with Gasteiger partial charge in [0.05, 0.1) is 11.9 Å². The SMILES string of the molecule is Fc1ccc(NC2CCc3ccccc3C2)cn1. The summed E-state index contributed by atoms with van der Waals surface area (Å²) in [6, 6.07) is 12.1. The van der Waals surface area contributed by atoms with Crippen LogP contribution in [0.25, 0.3) is 0 Å². The van der Waals surface area contributed by atoms with Crippen LogP contribution in [0.1, 0.15) is 17.5 Å². The van der Waals surface area contributed by atoms with Gasteiger partial charge in [0, 0.05) is 6.04 Å². The second-order valence-electron chi connectivity index (χ2n) is 4.72. The molecule has 1 aliphatic rings. The summed E-state index contributed by atoms with van der Waals surface area (Å²) in [5, 5.41) is 3.42. The standard InChI is InChI=1S/C15H15FN2/c16-15-8-7-14(10-17-15)18-13-6-5-11-3-1-2-4-12(11)9-13/h1-4,7-8,10,13,18H,5-6,9H2. The predicted molar refractivity (Wildman–Crippen MR) is 70.1 cm³/mol. The second-order valence-corrected chi connectivity index (χ2v) is 4.72. The maximum Gasteiger partial charge on any atom is 0.212 e. The number of hydrogen-bond donors (Lipinski definition) is 1. The zero-order valence-electron chi connectivity index (χ0n) is 10.1. The lowest BCUT2D eigenvalue weighted by atomic mass is 9.88. The number of benzene rings is 1. The van der Waals surface area contributed by atoms with Crippen molar-refractivity contribution in [2.75, 3.05) is 5.32 Å². The van der Waals surface area contributed by atoms with Crippen molar-refractivity contribution in [1.29, 1.82) is 0 Å². The summed E-state index contributed by atoms with van der Waals surface area (Å²) in [6.45, 7) is 0. The third kappa shape index (κ3) is 2.35. The van der Waals surface area contributed by atoms with E-state index in [1.54, 1.807) is 12.3 Å². The lowest BCUT2D eigenvalue weighted by Crippen LogP contribution is -2.27. The topological polar surface area (TPSA) is 24.9 Å². The zero-order chi connectivity index (χ0) is 12.4. The molecule has 0 bridgehead atoms. The minimum atomic E-state index is -0.436. The van der Waals surface area contributed by atoms with Crippen LogP contribution in [0.3, 0.4) is 0 Å². The van der Waals surface area contributed by atoms with Crippen molar-refractivity contribution in [2.45, 2.75) is 25.3 Å². The van der Waals surface area contributed by atoms with Crippen molar-refractivity contribution in [1.82, 2.24) is 4.98 Å². The summed E-state index contributed by atoms with van der Waals surface area (Å²) in [4.78, 5) is 3.66. The van der Waals surface area contributed by atoms with E-state index in [9.17, 15) is 4.39 Å². The maximum absolute atomic E-state index is 12.7. The number of hydrogen-bond acceptors (Lipinski definition) is 2. The average Bonchev–Trinajstić information content (AvgIpc) is 2.41. The molecule has 0 saturated carbocycles. The van der Waals surface area contributed by atoms with Crippen LogP contribution in [0, 0.1) is 5.95 Å². The molecule has 2 aromatic rings. The highest BCUT2D eigenvalue weighted by molar-refractivity contribution is 5.42. The summed E-state index contributed by atoms with van der Waals surface area (Å²) < 4.78 is 12.7. The van der Waals surface area contributed by atoms with Crippen LogP contribution in [0.15, 0.2) is 42.6 Å². The van der Waals surface area contributed by atoms with Crippen LogP contribution in [0.5, 0.6) is 0 Å². The predicted octanol–water partition coefficient (Wildman–Crippen LogP) is 3.19. The highest BCUT2D eigenvalue weighted by atomic mass is 19.1. The van der Waals surface area contributed by atoms with Crippen LogP contribution in [-0.4, -0.2) is 11.0 Å². The third-order valence-electron chi connectivity index (χ3n) is 3.45. The number of nitrogens with one attached hydrogen (secondary N) is 1. The van der Waals surface area contributed by atoms with Gasteiger partial charge in [-0.1, -0.05) is 24.3 Å². The van der Waals surface area contributed by atoms with Crippen LogP contribution in [-0.2, 0) is 12.8 Å². The molecule has 3 rings (SSSR count). The number of fused-ring (bicyclic) bond motifs is 1. The first-order chi connectivity index (χ1) is 8.81. The maximum atomic E-state index is 12.7. The quantitative estimate of drug-likeness (QED) is 0.818. The van der Waals surface area contributed by atoms with Crippen molar-refractivity contribution < 1.29 is 4.39 Å². The van der Waals surface area contributed by atoms with Gasteiger partial charge >= 0.3 is 0 Å². The lowest BCUT2D eigenvalue weighted by Gasteiger charge is -2.26. The Hall–Kier alpha value is -1.90. The van der Waals surface area contributed by atoms with Gasteiger partial charge in [-0.25, -0.2) is 4.98 Å². The normalized spacial score (nSPS) is 18.2. The van der Waals surface area contributed by atoms with E-state index < -0.39 is 5.95 Å². The summed E-state index contributed by atoms with van der Waals surface area (Å²) in [6.07, 6.45) is 4.78. The monoisotopic (exact) mass is 242 g/mol. The van der Waals surface area contributed by atoms with Gasteiger partial charge in [-0.15, -0.1) is 0 Å². The molecule has 0 spiro atoms. The molecule has 1 aliphatic carbocycles. The molecule has 0 saturated heterocycles. The molecule has 1 aromatic heterocycles. The molecule has 92 valence electrons. The second kappa shape index (κ2) is 4.77. The van der Waals surface area contributed by atoms with Crippen molar-refractivity contribution in [3.63, 3.8) is 0 Å². The van der Waals surface area contributed by atoms with E-state index in [1.807, 2.05) is 0 Å². The van der Waals surface area contributed by atoms with Gasteiger partial charge in [0.15, 0.2) is 0 Å². The zero-order valence-corrected chi connectivity index (χ0v) is 10.1. The number of aromatic nitrogens is 1. The number of aryl methyl sites for hydroxylation is 1. The van der Waals surface area contributed by atoms with Gasteiger partial charge < -0.3 is 5.32 Å². The van der Waals surface area contributed by atoms with Crippen LogP contribution in [0.2, 0.25) is 0 Å². The van der Waals surface area contributed by atoms with E-state index in [0.29, 0.717) is 6.04 Å². The largest absolute Gasteiger partial charge is 0.381 e. The molecule has 0 aliphatic heterocycles. The van der Waals surface area contributed by atoms with E-state index in [-0.39, 0.29) is 0 Å². The van der Waals surface area contributed by atoms with Gasteiger partial charge in [0.1, 0.15) is 0 Å². The molecule has 3 heteroatoms. The minimum absolute atomic E-state index is 0.409. The van der Waals surface area contributed by atoms with Crippen LogP contribution < -0.4 is 5.32 Å². The Labute approximate surface area is 106 Å². The van der Waals surface area contributed by atoms with E-state index in [0.717, 1.165) is 24.9 Å². The molecule has 0 amide bonds. The number of anilines is 1. The molecule has 2 nitrogen and oxygen atoms in total. The van der Waals surface area contributed by atoms with Gasteiger partial charge in [0.2, 0.25) is 5.95 Å². The molecule has 1 N–H and O–H groups in total. The molecule has 0 fully saturated rings. The van der Waals surface area contributed by atoms with Crippen molar-refractivity contribution >= 4 is 5.69 Å². The smallest absolute Gasteiger partial charge is 0.212 e. The highest BCUT2D eigenvalue weighted by Gasteiger charge is 2.17. The van der Waals surface area contributed by atoms with Crippen molar-refractivity contribution in [3.8, 4) is 0 Å². The van der Waals surface area contributed by atoms with Crippen molar-refractivity contribution in [3.05, 3.63) is 59.7 Å². The van der Waals surface area contributed by atoms with Crippen LogP contribution in [0.4, 0.5) is 10.1 Å². The Morgan fingerprint density at radius 2 is 1.94 bits per heavy atom. The number of halogens is 1. The average molecular weight is 242 g/mol. The van der Waals surface area contributed by atoms with Gasteiger partial charge in [0.25, 0.3) is 0 Å². The number of pyridine rings is 1. The highest BCUT2D eigenvalue weighted by Crippen LogP contribution is 2.23. The van der Waals surface area contributed by atoms with E-state index in [4.69, 9.17) is 0 Å². The Morgan fingerprint density at radius 3 is 2.72 bits per heavy atom. The number of rotatable bonds is 2. The van der Waals surface area contributed by atoms with E-state index in [2.05, 4.69) is 34.6 Å². The summed E-state index contributed by atoms with van der Waals surface area (Å²) in [5.74, 6) is -0.436. The fourth-order valence-corrected chi connectivity index (χ4v) is 2.52. The minimum Gasteiger partial charge on any atom is -0.381 e. The molecule has 18 heavy (non-hydrogen) atoms. The fraction of sp³-hybridized carbons (Fsp3) is 0.267.